The van der Waals surface area contributed by atoms with E-state index >= 15 is 0 Å². The van der Waals surface area contributed by atoms with Crippen molar-refractivity contribution < 1.29 is 14.7 Å². The normalized spacial score (nSPS) is 22.0. The Bertz CT molecular complexity index is 639. The summed E-state index contributed by atoms with van der Waals surface area (Å²) in [5.41, 5.74) is -0.503. The molecular weight excluding hydrogens is 320 g/mol. The second-order valence-electron chi connectivity index (χ2n) is 6.89. The summed E-state index contributed by atoms with van der Waals surface area (Å²) in [5, 5.41) is 13.5. The maximum Gasteiger partial charge on any atom is 0.256 e. The summed E-state index contributed by atoms with van der Waals surface area (Å²) in [7, 11) is 0. The zero-order chi connectivity index (χ0) is 17.7. The first-order valence-electron chi connectivity index (χ1n) is 8.76. The molecule has 134 valence electrons. The van der Waals surface area contributed by atoms with Gasteiger partial charge < -0.3 is 15.3 Å². The van der Waals surface area contributed by atoms with Crippen LogP contribution in [0.4, 0.5) is 0 Å². The number of aromatic nitrogens is 2. The van der Waals surface area contributed by atoms with E-state index in [1.165, 1.54) is 18.7 Å². The van der Waals surface area contributed by atoms with Gasteiger partial charge in [0.15, 0.2) is 0 Å². The number of carbonyl (C=O) groups is 2. The number of hydrogen-bond donors (Lipinski definition) is 2. The van der Waals surface area contributed by atoms with Crippen molar-refractivity contribution in [1.29, 1.82) is 0 Å². The predicted octanol–water partition coefficient (Wildman–Crippen LogP) is 0.916. The lowest BCUT2D eigenvalue weighted by molar-refractivity contribution is -0.123. The molecule has 2 N–H and O–H groups in total. The molecule has 0 aromatic carbocycles. The lowest BCUT2D eigenvalue weighted by Gasteiger charge is -2.38. The van der Waals surface area contributed by atoms with Gasteiger partial charge in [-0.15, -0.1) is 0 Å². The van der Waals surface area contributed by atoms with Gasteiger partial charge in [0.1, 0.15) is 6.33 Å². The van der Waals surface area contributed by atoms with Gasteiger partial charge in [0.2, 0.25) is 5.91 Å². The average Bonchev–Trinajstić information content (AvgIpc) is 3.14. The SMILES string of the molecule is O=C(CC1C=CCC1)NCC1(O)CCN(C(=O)c2cncnc2)CC1. The standard InChI is InChI=1S/C18H24N4O3/c23-16(9-14-3-1-2-4-14)21-12-18(25)5-7-22(8-6-18)17(24)15-10-19-13-20-11-15/h1,3,10-11,13-14,25H,2,4-9,12H2,(H,21,23). The number of rotatable bonds is 5. The molecule has 0 bridgehead atoms. The summed E-state index contributed by atoms with van der Waals surface area (Å²) in [5.74, 6) is 0.173. The molecule has 7 nitrogen and oxygen atoms in total. The summed E-state index contributed by atoms with van der Waals surface area (Å²) in [6.45, 7) is 1.13. The first-order chi connectivity index (χ1) is 12.1. The number of carbonyl (C=O) groups excluding carboxylic acids is 2. The lowest BCUT2D eigenvalue weighted by Crippen LogP contribution is -2.52. The Kier molecular flexibility index (Phi) is 5.43. The number of nitrogens with one attached hydrogen (secondary N) is 1. The number of hydrogen-bond acceptors (Lipinski definition) is 5. The monoisotopic (exact) mass is 344 g/mol. The first-order valence-corrected chi connectivity index (χ1v) is 8.76. The Balaban J connectivity index is 1.44. The quantitative estimate of drug-likeness (QED) is 0.775. The molecule has 1 saturated heterocycles. The molecule has 1 aromatic rings. The Morgan fingerprint density at radius 3 is 2.64 bits per heavy atom. The van der Waals surface area contributed by atoms with E-state index < -0.39 is 5.60 Å². The smallest absolute Gasteiger partial charge is 0.256 e. The molecule has 1 unspecified atom stereocenters. The summed E-state index contributed by atoms with van der Waals surface area (Å²) in [4.78, 5) is 33.8. The van der Waals surface area contributed by atoms with Gasteiger partial charge in [-0.25, -0.2) is 9.97 Å². The highest BCUT2D eigenvalue weighted by Crippen LogP contribution is 2.23. The number of likely N-dealkylation sites (tertiary alicyclic amines) is 1. The highest BCUT2D eigenvalue weighted by atomic mass is 16.3. The van der Waals surface area contributed by atoms with Crippen LogP contribution in [0, 0.1) is 5.92 Å². The molecular formula is C18H24N4O3. The van der Waals surface area contributed by atoms with E-state index in [4.69, 9.17) is 0 Å². The van der Waals surface area contributed by atoms with Crippen LogP contribution in [0.15, 0.2) is 30.9 Å². The van der Waals surface area contributed by atoms with Crippen molar-refractivity contribution in [2.75, 3.05) is 19.6 Å². The average molecular weight is 344 g/mol. The molecule has 7 heteroatoms. The van der Waals surface area contributed by atoms with Crippen LogP contribution in [-0.4, -0.2) is 57.0 Å². The molecule has 2 amide bonds. The summed E-state index contributed by atoms with van der Waals surface area (Å²) >= 11 is 0. The molecule has 1 aliphatic carbocycles. The van der Waals surface area contributed by atoms with Crippen LogP contribution >= 0.6 is 0 Å². The summed E-state index contributed by atoms with van der Waals surface area (Å²) in [6.07, 6.45) is 12.0. The summed E-state index contributed by atoms with van der Waals surface area (Å²) in [6, 6.07) is 0. The van der Waals surface area contributed by atoms with Gasteiger partial charge in [-0.1, -0.05) is 12.2 Å². The first kappa shape index (κ1) is 17.5. The van der Waals surface area contributed by atoms with Crippen molar-refractivity contribution in [3.63, 3.8) is 0 Å². The Morgan fingerprint density at radius 1 is 1.28 bits per heavy atom. The van der Waals surface area contributed by atoms with Gasteiger partial charge in [0.05, 0.1) is 11.2 Å². The predicted molar refractivity (Wildman–Crippen MR) is 91.6 cm³/mol. The van der Waals surface area contributed by atoms with Gasteiger partial charge in [-0.3, -0.25) is 9.59 Å². The molecule has 2 heterocycles. The second kappa shape index (κ2) is 7.74. The maximum atomic E-state index is 12.4. The highest BCUT2D eigenvalue weighted by Gasteiger charge is 2.34. The van der Waals surface area contributed by atoms with Crippen LogP contribution in [0.5, 0.6) is 0 Å². The zero-order valence-electron chi connectivity index (χ0n) is 14.2. The molecule has 0 radical (unpaired) electrons. The highest BCUT2D eigenvalue weighted by molar-refractivity contribution is 5.93. The van der Waals surface area contributed by atoms with Crippen LogP contribution in [0.25, 0.3) is 0 Å². The van der Waals surface area contributed by atoms with E-state index in [-0.39, 0.29) is 18.4 Å². The van der Waals surface area contributed by atoms with Gasteiger partial charge in [0.25, 0.3) is 5.91 Å². The van der Waals surface area contributed by atoms with E-state index in [2.05, 4.69) is 27.4 Å². The molecule has 1 aliphatic heterocycles. The maximum absolute atomic E-state index is 12.4. The van der Waals surface area contributed by atoms with Gasteiger partial charge in [-0.05, 0) is 31.6 Å². The Morgan fingerprint density at radius 2 is 2.00 bits per heavy atom. The van der Waals surface area contributed by atoms with Crippen LogP contribution < -0.4 is 5.32 Å². The van der Waals surface area contributed by atoms with Gasteiger partial charge in [-0.2, -0.15) is 0 Å². The number of nitrogens with zero attached hydrogens (tertiary/aromatic N) is 3. The van der Waals surface area contributed by atoms with Crippen molar-refractivity contribution in [3.8, 4) is 0 Å². The van der Waals surface area contributed by atoms with E-state index in [1.807, 2.05) is 0 Å². The van der Waals surface area contributed by atoms with Crippen LogP contribution in [0.2, 0.25) is 0 Å². The van der Waals surface area contributed by atoms with Crippen molar-refractivity contribution in [2.24, 2.45) is 5.92 Å². The van der Waals surface area contributed by atoms with E-state index in [0.717, 1.165) is 12.8 Å². The fraction of sp³-hybridized carbons (Fsp3) is 0.556. The number of aliphatic hydroxyl groups is 1. The third-order valence-corrected chi connectivity index (χ3v) is 4.96. The lowest BCUT2D eigenvalue weighted by atomic mass is 9.91. The molecule has 1 aromatic heterocycles. The zero-order valence-corrected chi connectivity index (χ0v) is 14.2. The third-order valence-electron chi connectivity index (χ3n) is 4.96. The number of amides is 2. The molecule has 0 spiro atoms. The van der Waals surface area contributed by atoms with Crippen LogP contribution in [-0.2, 0) is 4.79 Å². The van der Waals surface area contributed by atoms with Crippen LogP contribution in [0.1, 0.15) is 42.5 Å². The molecule has 25 heavy (non-hydrogen) atoms. The van der Waals surface area contributed by atoms with Crippen molar-refractivity contribution >= 4 is 11.8 Å². The number of allylic oxidation sites excluding steroid dienone is 2. The van der Waals surface area contributed by atoms with E-state index in [9.17, 15) is 14.7 Å². The molecule has 1 atom stereocenters. The van der Waals surface area contributed by atoms with Crippen molar-refractivity contribution in [3.05, 3.63) is 36.4 Å². The van der Waals surface area contributed by atoms with Gasteiger partial charge >= 0.3 is 0 Å². The molecule has 1 fully saturated rings. The van der Waals surface area contributed by atoms with Crippen molar-refractivity contribution in [2.45, 2.75) is 37.7 Å². The second-order valence-corrected chi connectivity index (χ2v) is 6.89. The number of piperidine rings is 1. The van der Waals surface area contributed by atoms with E-state index in [0.29, 0.717) is 43.8 Å². The fourth-order valence-corrected chi connectivity index (χ4v) is 3.33. The fourth-order valence-electron chi connectivity index (χ4n) is 3.33. The minimum atomic E-state index is -0.953. The topological polar surface area (TPSA) is 95.4 Å². The minimum absolute atomic E-state index is 0.0232. The Hall–Kier alpha value is -2.28. The minimum Gasteiger partial charge on any atom is -0.388 e. The van der Waals surface area contributed by atoms with Crippen LogP contribution in [0.3, 0.4) is 0 Å². The third kappa shape index (κ3) is 4.63. The molecule has 0 saturated carbocycles. The largest absolute Gasteiger partial charge is 0.388 e. The van der Waals surface area contributed by atoms with E-state index in [1.54, 1.807) is 4.90 Å². The van der Waals surface area contributed by atoms with Gasteiger partial charge in [0, 0.05) is 38.4 Å². The van der Waals surface area contributed by atoms with Crippen molar-refractivity contribution in [1.82, 2.24) is 20.2 Å². The molecule has 3 rings (SSSR count). The summed E-state index contributed by atoms with van der Waals surface area (Å²) < 4.78 is 0. The molecule has 2 aliphatic rings. The Labute approximate surface area is 147 Å².